The lowest BCUT2D eigenvalue weighted by molar-refractivity contribution is 0.356. The number of allylic oxidation sites excluding steroid dienone is 3. The van der Waals surface area contributed by atoms with Crippen LogP contribution in [0.25, 0.3) is 0 Å². The number of hydrogen-bond acceptors (Lipinski definition) is 1. The Labute approximate surface area is 82.4 Å². The van der Waals surface area contributed by atoms with Crippen LogP contribution >= 0.6 is 0 Å². The molecule has 0 N–H and O–H groups in total. The fourth-order valence-corrected chi connectivity index (χ4v) is 1.22. The van der Waals surface area contributed by atoms with Crippen molar-refractivity contribution in [2.45, 2.75) is 26.7 Å². The molecule has 0 bridgehead atoms. The van der Waals surface area contributed by atoms with Gasteiger partial charge in [0, 0.05) is 18.8 Å². The Hall–Kier alpha value is -0.980. The van der Waals surface area contributed by atoms with Gasteiger partial charge in [-0.3, -0.25) is 0 Å². The SMILES string of the molecule is C=C/C=C\C(=C)N(CCC)CCC. The predicted octanol–water partition coefficient (Wildman–Crippen LogP) is 3.36. The van der Waals surface area contributed by atoms with Crippen molar-refractivity contribution in [1.29, 1.82) is 0 Å². The first kappa shape index (κ1) is 12.0. The molecule has 0 aliphatic heterocycles. The Morgan fingerprint density at radius 3 is 2.15 bits per heavy atom. The van der Waals surface area contributed by atoms with E-state index < -0.39 is 0 Å². The summed E-state index contributed by atoms with van der Waals surface area (Å²) in [5, 5.41) is 0. The molecule has 0 aromatic rings. The van der Waals surface area contributed by atoms with Crippen molar-refractivity contribution < 1.29 is 0 Å². The van der Waals surface area contributed by atoms with Gasteiger partial charge >= 0.3 is 0 Å². The van der Waals surface area contributed by atoms with Gasteiger partial charge in [0.05, 0.1) is 0 Å². The van der Waals surface area contributed by atoms with Crippen LogP contribution < -0.4 is 0 Å². The van der Waals surface area contributed by atoms with E-state index in [1.54, 1.807) is 6.08 Å². The van der Waals surface area contributed by atoms with E-state index in [4.69, 9.17) is 0 Å². The minimum absolute atomic E-state index is 1.09. The van der Waals surface area contributed by atoms with Crippen molar-refractivity contribution in [2.24, 2.45) is 0 Å². The lowest BCUT2D eigenvalue weighted by Crippen LogP contribution is -2.23. The largest absolute Gasteiger partial charge is 0.372 e. The van der Waals surface area contributed by atoms with Crippen molar-refractivity contribution in [3.8, 4) is 0 Å². The molecule has 0 rings (SSSR count). The zero-order valence-electron chi connectivity index (χ0n) is 8.92. The minimum Gasteiger partial charge on any atom is -0.372 e. The van der Waals surface area contributed by atoms with Crippen molar-refractivity contribution in [1.82, 2.24) is 4.90 Å². The van der Waals surface area contributed by atoms with E-state index in [1.165, 1.54) is 12.8 Å². The molecule has 13 heavy (non-hydrogen) atoms. The van der Waals surface area contributed by atoms with E-state index in [9.17, 15) is 0 Å². The molecule has 0 radical (unpaired) electrons. The molecule has 0 fully saturated rings. The van der Waals surface area contributed by atoms with Crippen LogP contribution in [0, 0.1) is 0 Å². The van der Waals surface area contributed by atoms with Crippen LogP contribution in [0.5, 0.6) is 0 Å². The Kier molecular flexibility index (Phi) is 7.08. The second-order valence-corrected chi connectivity index (χ2v) is 3.07. The molecule has 0 amide bonds. The van der Waals surface area contributed by atoms with Crippen molar-refractivity contribution in [2.75, 3.05) is 13.1 Å². The Balaban J connectivity index is 4.09. The summed E-state index contributed by atoms with van der Waals surface area (Å²) in [5.74, 6) is 0. The smallest absolute Gasteiger partial charge is 0.0293 e. The predicted molar refractivity (Wildman–Crippen MR) is 60.6 cm³/mol. The highest BCUT2D eigenvalue weighted by Gasteiger charge is 2.00. The molecular weight excluding hydrogens is 158 g/mol. The van der Waals surface area contributed by atoms with Gasteiger partial charge in [0.25, 0.3) is 0 Å². The van der Waals surface area contributed by atoms with Gasteiger partial charge in [-0.15, -0.1) is 0 Å². The summed E-state index contributed by atoms with van der Waals surface area (Å²) < 4.78 is 0. The van der Waals surface area contributed by atoms with Crippen LogP contribution in [0.4, 0.5) is 0 Å². The van der Waals surface area contributed by atoms with Gasteiger partial charge in [-0.25, -0.2) is 0 Å². The normalized spacial score (nSPS) is 10.3. The van der Waals surface area contributed by atoms with Crippen LogP contribution in [-0.4, -0.2) is 18.0 Å². The first-order chi connectivity index (χ1) is 6.26. The Morgan fingerprint density at radius 2 is 1.77 bits per heavy atom. The highest BCUT2D eigenvalue weighted by molar-refractivity contribution is 5.17. The molecule has 0 saturated heterocycles. The van der Waals surface area contributed by atoms with E-state index in [1.807, 2.05) is 12.2 Å². The third-order valence-electron chi connectivity index (χ3n) is 1.82. The maximum atomic E-state index is 4.02. The molecule has 0 aliphatic carbocycles. The summed E-state index contributed by atoms with van der Waals surface area (Å²) in [6.45, 7) is 14.2. The summed E-state index contributed by atoms with van der Waals surface area (Å²) in [4.78, 5) is 2.31. The lowest BCUT2D eigenvalue weighted by Gasteiger charge is -2.23. The van der Waals surface area contributed by atoms with Crippen LogP contribution in [0.15, 0.2) is 37.1 Å². The fourth-order valence-electron chi connectivity index (χ4n) is 1.22. The maximum absolute atomic E-state index is 4.02. The Bertz CT molecular complexity index is 174. The molecule has 1 heteroatoms. The van der Waals surface area contributed by atoms with Gasteiger partial charge in [-0.05, 0) is 18.9 Å². The van der Waals surface area contributed by atoms with Gasteiger partial charge in [0.1, 0.15) is 0 Å². The fraction of sp³-hybridized carbons (Fsp3) is 0.500. The van der Waals surface area contributed by atoms with Crippen LogP contribution in [0.2, 0.25) is 0 Å². The molecule has 1 nitrogen and oxygen atoms in total. The van der Waals surface area contributed by atoms with Crippen LogP contribution in [0.3, 0.4) is 0 Å². The van der Waals surface area contributed by atoms with E-state index in [0.717, 1.165) is 18.8 Å². The standard InChI is InChI=1S/C12H21N/c1-5-8-9-12(4)13(10-6-2)11-7-3/h5,8-9H,1,4,6-7,10-11H2,2-3H3/b9-8-. The quantitative estimate of drug-likeness (QED) is 0.542. The lowest BCUT2D eigenvalue weighted by atomic mass is 10.3. The number of nitrogens with zero attached hydrogens (tertiary/aromatic N) is 1. The molecule has 0 unspecified atom stereocenters. The summed E-state index contributed by atoms with van der Waals surface area (Å²) in [6, 6.07) is 0. The first-order valence-corrected chi connectivity index (χ1v) is 4.99. The molecule has 0 spiro atoms. The average Bonchev–Trinajstić information content (AvgIpc) is 2.14. The topological polar surface area (TPSA) is 3.24 Å². The van der Waals surface area contributed by atoms with Crippen molar-refractivity contribution >= 4 is 0 Å². The first-order valence-electron chi connectivity index (χ1n) is 4.99. The van der Waals surface area contributed by atoms with E-state index >= 15 is 0 Å². The summed E-state index contributed by atoms with van der Waals surface area (Å²) >= 11 is 0. The zero-order chi connectivity index (χ0) is 10.1. The number of rotatable bonds is 7. The third kappa shape index (κ3) is 5.29. The number of hydrogen-bond donors (Lipinski definition) is 0. The van der Waals surface area contributed by atoms with Crippen LogP contribution in [-0.2, 0) is 0 Å². The Morgan fingerprint density at radius 1 is 1.23 bits per heavy atom. The van der Waals surface area contributed by atoms with Gasteiger partial charge in [0.2, 0.25) is 0 Å². The second kappa shape index (κ2) is 7.66. The second-order valence-electron chi connectivity index (χ2n) is 3.07. The molecule has 0 saturated carbocycles. The van der Waals surface area contributed by atoms with Gasteiger partial charge in [0.15, 0.2) is 0 Å². The highest BCUT2D eigenvalue weighted by Crippen LogP contribution is 2.05. The molecule has 74 valence electrons. The summed E-state index contributed by atoms with van der Waals surface area (Å²) in [7, 11) is 0. The van der Waals surface area contributed by atoms with Crippen LogP contribution in [0.1, 0.15) is 26.7 Å². The molecular formula is C12H21N. The van der Waals surface area contributed by atoms with Gasteiger partial charge in [-0.1, -0.05) is 39.2 Å². The van der Waals surface area contributed by atoms with Crippen molar-refractivity contribution in [3.05, 3.63) is 37.1 Å². The van der Waals surface area contributed by atoms with Crippen molar-refractivity contribution in [3.63, 3.8) is 0 Å². The van der Waals surface area contributed by atoms with E-state index in [2.05, 4.69) is 31.9 Å². The average molecular weight is 179 g/mol. The monoisotopic (exact) mass is 179 g/mol. The maximum Gasteiger partial charge on any atom is 0.0293 e. The zero-order valence-corrected chi connectivity index (χ0v) is 8.92. The summed E-state index contributed by atoms with van der Waals surface area (Å²) in [5.41, 5.74) is 1.09. The third-order valence-corrected chi connectivity index (χ3v) is 1.82. The highest BCUT2D eigenvalue weighted by atomic mass is 15.1. The summed E-state index contributed by atoms with van der Waals surface area (Å²) in [6.07, 6.45) is 8.06. The van der Waals surface area contributed by atoms with E-state index in [0.29, 0.717) is 0 Å². The molecule has 0 heterocycles. The minimum atomic E-state index is 1.09. The molecule has 0 aliphatic rings. The molecule has 0 atom stereocenters. The van der Waals surface area contributed by atoms with Gasteiger partial charge in [-0.2, -0.15) is 0 Å². The van der Waals surface area contributed by atoms with E-state index in [-0.39, 0.29) is 0 Å². The van der Waals surface area contributed by atoms with Gasteiger partial charge < -0.3 is 4.90 Å². The molecule has 0 aromatic carbocycles. The molecule has 0 aromatic heterocycles.